The zero-order valence-electron chi connectivity index (χ0n) is 12.3. The highest BCUT2D eigenvalue weighted by atomic mass is 16.4. The summed E-state index contributed by atoms with van der Waals surface area (Å²) in [5.41, 5.74) is -0.765. The van der Waals surface area contributed by atoms with Gasteiger partial charge in [-0.25, -0.2) is 9.59 Å². The maximum absolute atomic E-state index is 12.0. The molecule has 0 aromatic rings. The lowest BCUT2D eigenvalue weighted by Crippen LogP contribution is -2.58. The molecule has 0 aromatic heterocycles. The number of aliphatic carboxylic acids is 1. The van der Waals surface area contributed by atoms with Crippen molar-refractivity contribution in [2.24, 2.45) is 5.41 Å². The zero-order chi connectivity index (χ0) is 14.6. The van der Waals surface area contributed by atoms with Crippen LogP contribution in [-0.4, -0.2) is 29.2 Å². The molecule has 2 amide bonds. The molecule has 2 fully saturated rings. The van der Waals surface area contributed by atoms with E-state index in [0.29, 0.717) is 19.4 Å². The van der Waals surface area contributed by atoms with Crippen LogP contribution in [0, 0.1) is 5.41 Å². The van der Waals surface area contributed by atoms with E-state index in [1.807, 2.05) is 0 Å². The van der Waals surface area contributed by atoms with E-state index in [1.54, 1.807) is 0 Å². The van der Waals surface area contributed by atoms with E-state index in [9.17, 15) is 14.7 Å². The van der Waals surface area contributed by atoms with Gasteiger partial charge in [-0.3, -0.25) is 0 Å². The van der Waals surface area contributed by atoms with Gasteiger partial charge in [0.1, 0.15) is 5.54 Å². The molecular formula is C15H26N2O3. The van der Waals surface area contributed by atoms with Gasteiger partial charge in [-0.05, 0) is 37.5 Å². The van der Waals surface area contributed by atoms with E-state index in [2.05, 4.69) is 17.6 Å². The summed E-state index contributed by atoms with van der Waals surface area (Å²) in [5, 5.41) is 15.0. The first-order chi connectivity index (χ1) is 9.52. The van der Waals surface area contributed by atoms with Crippen LogP contribution in [0.5, 0.6) is 0 Å². The van der Waals surface area contributed by atoms with Crippen LogP contribution in [-0.2, 0) is 4.79 Å². The molecule has 2 saturated carbocycles. The molecule has 0 spiro atoms. The molecule has 3 N–H and O–H groups in total. The topological polar surface area (TPSA) is 78.4 Å². The van der Waals surface area contributed by atoms with Crippen molar-refractivity contribution < 1.29 is 14.7 Å². The average molecular weight is 282 g/mol. The van der Waals surface area contributed by atoms with E-state index in [-0.39, 0.29) is 11.4 Å². The molecule has 5 nitrogen and oxygen atoms in total. The van der Waals surface area contributed by atoms with Crippen LogP contribution < -0.4 is 10.6 Å². The van der Waals surface area contributed by atoms with Crippen molar-refractivity contribution in [3.05, 3.63) is 0 Å². The van der Waals surface area contributed by atoms with E-state index in [1.165, 1.54) is 12.8 Å². The molecule has 0 atom stereocenters. The van der Waals surface area contributed by atoms with Crippen LogP contribution in [0.15, 0.2) is 0 Å². The molecule has 0 radical (unpaired) electrons. The lowest BCUT2D eigenvalue weighted by Gasteiger charge is -2.34. The second-order valence-corrected chi connectivity index (χ2v) is 6.51. The maximum Gasteiger partial charge on any atom is 0.329 e. The second kappa shape index (κ2) is 6.02. The fraction of sp³-hybridized carbons (Fsp3) is 0.867. The van der Waals surface area contributed by atoms with Crippen molar-refractivity contribution >= 4 is 12.0 Å². The Bertz CT molecular complexity index is 371. The number of amides is 2. The molecule has 2 aliphatic rings. The third kappa shape index (κ3) is 3.44. The molecule has 5 heteroatoms. The summed E-state index contributed by atoms with van der Waals surface area (Å²) in [6.45, 7) is 2.82. The number of carboxylic acid groups (broad SMARTS) is 1. The number of carbonyl (C=O) groups excluding carboxylic acids is 1. The quantitative estimate of drug-likeness (QED) is 0.700. The highest BCUT2D eigenvalue weighted by Crippen LogP contribution is 2.48. The van der Waals surface area contributed by atoms with Gasteiger partial charge in [-0.2, -0.15) is 0 Å². The first-order valence-corrected chi connectivity index (χ1v) is 7.81. The molecule has 2 rings (SSSR count). The zero-order valence-corrected chi connectivity index (χ0v) is 12.3. The van der Waals surface area contributed by atoms with Crippen molar-refractivity contribution in [2.45, 2.75) is 70.3 Å². The fourth-order valence-electron chi connectivity index (χ4n) is 3.30. The summed E-state index contributed by atoms with van der Waals surface area (Å²) in [6, 6.07) is -0.323. The molecule has 0 bridgehead atoms. The third-order valence-electron chi connectivity index (χ3n) is 4.83. The Morgan fingerprint density at radius 2 is 1.75 bits per heavy atom. The highest BCUT2D eigenvalue weighted by Gasteiger charge is 2.43. The highest BCUT2D eigenvalue weighted by molar-refractivity contribution is 5.86. The van der Waals surface area contributed by atoms with E-state index >= 15 is 0 Å². The molecule has 0 saturated heterocycles. The number of nitrogens with one attached hydrogen (secondary N) is 2. The summed E-state index contributed by atoms with van der Waals surface area (Å²) in [4.78, 5) is 23.5. The first kappa shape index (κ1) is 15.1. The Morgan fingerprint density at radius 3 is 2.25 bits per heavy atom. The molecule has 0 aliphatic heterocycles. The van der Waals surface area contributed by atoms with Crippen molar-refractivity contribution in [1.29, 1.82) is 0 Å². The Morgan fingerprint density at radius 1 is 1.10 bits per heavy atom. The molecular weight excluding hydrogens is 256 g/mol. The van der Waals surface area contributed by atoms with Gasteiger partial charge in [0.15, 0.2) is 0 Å². The lowest BCUT2D eigenvalue weighted by molar-refractivity contribution is -0.145. The minimum atomic E-state index is -1.05. The number of carboxylic acids is 1. The third-order valence-corrected chi connectivity index (χ3v) is 4.83. The predicted molar refractivity (Wildman–Crippen MR) is 76.6 cm³/mol. The minimum absolute atomic E-state index is 0.287. The largest absolute Gasteiger partial charge is 0.480 e. The first-order valence-electron chi connectivity index (χ1n) is 7.81. The smallest absolute Gasteiger partial charge is 0.329 e. The Balaban J connectivity index is 1.84. The molecule has 2 aliphatic carbocycles. The molecule has 20 heavy (non-hydrogen) atoms. The summed E-state index contributed by atoms with van der Waals surface area (Å²) in [5.74, 6) is -0.901. The fourth-order valence-corrected chi connectivity index (χ4v) is 3.30. The number of hydrogen-bond donors (Lipinski definition) is 3. The molecule has 0 unspecified atom stereocenters. The van der Waals surface area contributed by atoms with Crippen LogP contribution in [0.4, 0.5) is 4.79 Å². The van der Waals surface area contributed by atoms with Gasteiger partial charge in [0, 0.05) is 6.54 Å². The van der Waals surface area contributed by atoms with E-state index in [4.69, 9.17) is 0 Å². The predicted octanol–water partition coefficient (Wildman–Crippen LogP) is 2.65. The number of urea groups is 1. The van der Waals surface area contributed by atoms with Gasteiger partial charge in [-0.15, -0.1) is 0 Å². The van der Waals surface area contributed by atoms with Crippen LogP contribution in [0.25, 0.3) is 0 Å². The Hall–Kier alpha value is -1.26. The van der Waals surface area contributed by atoms with Crippen LogP contribution >= 0.6 is 0 Å². The van der Waals surface area contributed by atoms with E-state index < -0.39 is 11.5 Å². The number of hydrogen-bond acceptors (Lipinski definition) is 2. The van der Waals surface area contributed by atoms with Gasteiger partial charge < -0.3 is 15.7 Å². The normalized spacial score (nSPS) is 22.9. The molecule has 114 valence electrons. The van der Waals surface area contributed by atoms with Crippen molar-refractivity contribution in [2.75, 3.05) is 6.54 Å². The van der Waals surface area contributed by atoms with Crippen LogP contribution in [0.2, 0.25) is 0 Å². The van der Waals surface area contributed by atoms with Gasteiger partial charge in [-0.1, -0.05) is 32.6 Å². The average Bonchev–Trinajstić information content (AvgIpc) is 3.18. The standard InChI is InChI=1S/C15H26N2O3/c1-2-6-14(9-10-14)11-16-13(20)17-15(12(18)19)7-4-3-5-8-15/h2-11H2,1H3,(H,18,19)(H2,16,17,20). The summed E-state index contributed by atoms with van der Waals surface area (Å²) in [6.07, 6.45) is 8.47. The van der Waals surface area contributed by atoms with Crippen molar-refractivity contribution in [3.8, 4) is 0 Å². The second-order valence-electron chi connectivity index (χ2n) is 6.51. The van der Waals surface area contributed by atoms with Crippen LogP contribution in [0.3, 0.4) is 0 Å². The van der Waals surface area contributed by atoms with Gasteiger partial charge in [0.05, 0.1) is 0 Å². The summed E-state index contributed by atoms with van der Waals surface area (Å²) < 4.78 is 0. The maximum atomic E-state index is 12.0. The van der Waals surface area contributed by atoms with Gasteiger partial charge in [0.25, 0.3) is 0 Å². The van der Waals surface area contributed by atoms with Crippen molar-refractivity contribution in [3.63, 3.8) is 0 Å². The minimum Gasteiger partial charge on any atom is -0.480 e. The van der Waals surface area contributed by atoms with Gasteiger partial charge >= 0.3 is 12.0 Å². The Labute approximate surface area is 120 Å². The molecule has 0 heterocycles. The van der Waals surface area contributed by atoms with Gasteiger partial charge in [0.2, 0.25) is 0 Å². The SMILES string of the molecule is CCCC1(CNC(=O)NC2(C(=O)O)CCCCC2)CC1. The summed E-state index contributed by atoms with van der Waals surface area (Å²) >= 11 is 0. The molecule has 0 aromatic carbocycles. The summed E-state index contributed by atoms with van der Waals surface area (Å²) in [7, 11) is 0. The van der Waals surface area contributed by atoms with Crippen molar-refractivity contribution in [1.82, 2.24) is 10.6 Å². The monoisotopic (exact) mass is 282 g/mol. The van der Waals surface area contributed by atoms with E-state index in [0.717, 1.165) is 32.1 Å². The number of rotatable bonds is 6. The van der Waals surface area contributed by atoms with Crippen LogP contribution in [0.1, 0.15) is 64.7 Å². The Kier molecular flexibility index (Phi) is 4.55. The number of carbonyl (C=O) groups is 2. The lowest BCUT2D eigenvalue weighted by atomic mass is 9.82.